The van der Waals surface area contributed by atoms with Crippen molar-refractivity contribution in [2.24, 2.45) is 0 Å². The number of rotatable bonds is 9. The molecule has 0 saturated carbocycles. The van der Waals surface area contributed by atoms with Crippen LogP contribution in [0.1, 0.15) is 94.2 Å². The second kappa shape index (κ2) is 20.7. The van der Waals surface area contributed by atoms with Crippen molar-refractivity contribution in [1.29, 1.82) is 0 Å². The van der Waals surface area contributed by atoms with Gasteiger partial charge in [0.25, 0.3) is 0 Å². The topological polar surface area (TPSA) is 33.5 Å². The fourth-order valence-corrected chi connectivity index (χ4v) is 10.9. The number of ether oxygens (including phenoxy) is 1. The van der Waals surface area contributed by atoms with E-state index in [9.17, 15) is 0 Å². The van der Waals surface area contributed by atoms with E-state index in [0.29, 0.717) is 34.0 Å². The summed E-state index contributed by atoms with van der Waals surface area (Å²) in [7, 11) is 0. The van der Waals surface area contributed by atoms with E-state index >= 15 is 0 Å². The Balaban J connectivity index is 0.00000768. The number of anilines is 4. The minimum atomic E-state index is -2.84. The van der Waals surface area contributed by atoms with Gasteiger partial charge in [0.1, 0.15) is 5.82 Å². The molecule has 9 aromatic carbocycles. The normalized spacial score (nSPS) is 14.2. The Morgan fingerprint density at radius 2 is 1.20 bits per heavy atom. The first-order valence-corrected chi connectivity index (χ1v) is 26.6. The van der Waals surface area contributed by atoms with Crippen LogP contribution in [0.3, 0.4) is 0 Å². The van der Waals surface area contributed by atoms with E-state index in [2.05, 4.69) is 185 Å². The van der Waals surface area contributed by atoms with Crippen molar-refractivity contribution in [2.75, 3.05) is 9.80 Å². The van der Waals surface area contributed by atoms with E-state index in [4.69, 9.17) is 19.3 Å². The summed E-state index contributed by atoms with van der Waals surface area (Å²) in [5.41, 5.74) is 14.3. The molecule has 0 fully saturated rings. The molecule has 3 heterocycles. The standard InChI is InChI=1S/C73H65N4O.Pt/c1-48-21-18-24-52(41-48)62-46-74-69(45-64(62)73(8,9)10)77-65-30-15-14-27-58(65)59-39-38-56(44-68(59)77)78-55-26-19-25-54(43-55)75-47-76(67-32-17-16-31-66(67)75)70-57(51-35-33-50(34-36-51)49-22-12-11-13-23-49)28-20-29-60(70)61-42-53(71(2,3)4)37-40-63(61)72(5,6)7;/h11-42,45-47H,1-10H3;/q-3;/i1D3,18D,21D,24D,41D;. The molecule has 396 valence electrons. The van der Waals surface area contributed by atoms with Gasteiger partial charge in [-0.2, -0.15) is 12.1 Å². The van der Waals surface area contributed by atoms with Gasteiger partial charge in [-0.3, -0.25) is 0 Å². The minimum absolute atomic E-state index is 0. The predicted molar refractivity (Wildman–Crippen MR) is 327 cm³/mol. The SMILES string of the molecule is [2H]c1c([2H])c(-c2cnc(-n3c4[c-]c(Oc5[c-]c(N6[CH-]N(c7c(-c8ccc(-c9ccccc9)cc8)cccc7-c7cc(C(C)(C)C)ccc7C(C)(C)C)c7ccccc76)ccc5)ccc4c4ccccc43)cc2C(C)(C)C)c([2H])c(C([2H])([2H])[2H])c1[2H].[Pt]. The molecule has 5 nitrogen and oxygen atoms in total. The summed E-state index contributed by atoms with van der Waals surface area (Å²) in [5.74, 6) is 1.45. The zero-order valence-corrected chi connectivity index (χ0v) is 48.2. The summed E-state index contributed by atoms with van der Waals surface area (Å²) >= 11 is 0. The van der Waals surface area contributed by atoms with E-state index < -0.39 is 42.0 Å². The molecular weight excluding hydrogens is 1140 g/mol. The largest absolute Gasteiger partial charge is 0.509 e. The third kappa shape index (κ3) is 10.1. The van der Waals surface area contributed by atoms with Crippen LogP contribution in [0.4, 0.5) is 22.7 Å². The van der Waals surface area contributed by atoms with Crippen LogP contribution in [-0.2, 0) is 37.3 Å². The van der Waals surface area contributed by atoms with Crippen molar-refractivity contribution < 1.29 is 35.4 Å². The van der Waals surface area contributed by atoms with Crippen LogP contribution in [-0.4, -0.2) is 9.55 Å². The van der Waals surface area contributed by atoms with Gasteiger partial charge in [-0.25, -0.2) is 4.98 Å². The molecule has 6 heteroatoms. The Morgan fingerprint density at radius 3 is 1.95 bits per heavy atom. The molecule has 0 radical (unpaired) electrons. The Hall–Kier alpha value is -7.98. The van der Waals surface area contributed by atoms with Crippen molar-refractivity contribution in [3.63, 3.8) is 0 Å². The summed E-state index contributed by atoms with van der Waals surface area (Å²) in [5, 5.41) is 1.87. The number of fused-ring (bicyclic) bond motifs is 4. The van der Waals surface area contributed by atoms with Crippen LogP contribution < -0.4 is 14.5 Å². The van der Waals surface area contributed by atoms with Crippen LogP contribution in [0, 0.1) is 25.7 Å². The van der Waals surface area contributed by atoms with Crippen molar-refractivity contribution in [3.05, 3.63) is 247 Å². The van der Waals surface area contributed by atoms with Gasteiger partial charge in [0.05, 0.1) is 5.48 Å². The number of hydrogen-bond donors (Lipinski definition) is 0. The van der Waals surface area contributed by atoms with Crippen molar-refractivity contribution in [3.8, 4) is 61.8 Å². The Bertz CT molecular complexity index is 4420. The molecule has 2 aromatic heterocycles. The molecule has 79 heavy (non-hydrogen) atoms. The fraction of sp³-hybridized carbons (Fsp3) is 0.178. The molecule has 0 aliphatic carbocycles. The molecule has 12 rings (SSSR count). The Morgan fingerprint density at radius 1 is 0.532 bits per heavy atom. The van der Waals surface area contributed by atoms with Gasteiger partial charge in [-0.05, 0) is 97.3 Å². The van der Waals surface area contributed by atoms with Crippen LogP contribution in [0.5, 0.6) is 11.5 Å². The second-order valence-corrected chi connectivity index (χ2v) is 23.3. The number of hydrogen-bond acceptors (Lipinski definition) is 4. The average molecular weight is 1220 g/mol. The van der Waals surface area contributed by atoms with E-state index in [0.717, 1.165) is 66.9 Å². The first-order valence-electron chi connectivity index (χ1n) is 30.1. The molecule has 11 aromatic rings. The van der Waals surface area contributed by atoms with Gasteiger partial charge in [0, 0.05) is 82.1 Å². The molecule has 0 bridgehead atoms. The number of benzene rings is 9. The predicted octanol–water partition coefficient (Wildman–Crippen LogP) is 19.8. The fourth-order valence-electron chi connectivity index (χ4n) is 10.9. The van der Waals surface area contributed by atoms with Crippen molar-refractivity contribution in [1.82, 2.24) is 9.55 Å². The average Bonchev–Trinajstić information content (AvgIpc) is 1.84. The quantitative estimate of drug-likeness (QED) is 0.135. The smallest absolute Gasteiger partial charge is 0.135 e. The zero-order valence-electron chi connectivity index (χ0n) is 52.9. The molecule has 0 amide bonds. The van der Waals surface area contributed by atoms with Crippen molar-refractivity contribution in [2.45, 2.75) is 85.4 Å². The summed E-state index contributed by atoms with van der Waals surface area (Å²) < 4.78 is 68.4. The van der Waals surface area contributed by atoms with E-state index in [1.165, 1.54) is 16.7 Å². The molecular formula is C73H65N4OPt-3. The molecule has 0 unspecified atom stereocenters. The maximum absolute atomic E-state index is 9.08. The molecule has 0 atom stereocenters. The van der Waals surface area contributed by atoms with E-state index in [1.807, 2.05) is 86.0 Å². The van der Waals surface area contributed by atoms with Gasteiger partial charge < -0.3 is 19.1 Å². The summed E-state index contributed by atoms with van der Waals surface area (Å²) in [6.07, 6.45) is 1.56. The Kier molecular flexibility index (Phi) is 11.8. The number of aromatic nitrogens is 2. The number of nitrogens with zero attached hydrogens (tertiary/aromatic N) is 4. The summed E-state index contributed by atoms with van der Waals surface area (Å²) in [4.78, 5) is 9.48. The van der Waals surface area contributed by atoms with Gasteiger partial charge >= 0.3 is 0 Å². The minimum Gasteiger partial charge on any atom is -0.509 e. The molecule has 1 aliphatic heterocycles. The van der Waals surface area contributed by atoms with Gasteiger partial charge in [-0.1, -0.05) is 219 Å². The molecule has 1 aliphatic rings. The van der Waals surface area contributed by atoms with Crippen LogP contribution in [0.2, 0.25) is 0 Å². The first kappa shape index (κ1) is 44.9. The zero-order chi connectivity index (χ0) is 60.1. The second-order valence-electron chi connectivity index (χ2n) is 23.3. The molecule has 0 saturated heterocycles. The van der Waals surface area contributed by atoms with Gasteiger partial charge in [0.2, 0.25) is 0 Å². The monoisotopic (exact) mass is 1220 g/mol. The van der Waals surface area contributed by atoms with E-state index in [1.54, 1.807) is 6.20 Å². The molecule has 0 spiro atoms. The molecule has 0 N–H and O–H groups in total. The van der Waals surface area contributed by atoms with Crippen LogP contribution in [0.25, 0.3) is 72.1 Å². The summed E-state index contributed by atoms with van der Waals surface area (Å²) in [6, 6.07) is 66.5. The summed E-state index contributed by atoms with van der Waals surface area (Å²) in [6.45, 7) is 19.0. The van der Waals surface area contributed by atoms with Gasteiger partial charge in [0.15, 0.2) is 0 Å². The third-order valence-electron chi connectivity index (χ3n) is 14.8. The van der Waals surface area contributed by atoms with Gasteiger partial charge in [-0.15, -0.1) is 48.1 Å². The first-order chi connectivity index (χ1) is 40.4. The van der Waals surface area contributed by atoms with E-state index in [-0.39, 0.29) is 37.5 Å². The number of para-hydroxylation sites is 4. The maximum Gasteiger partial charge on any atom is 0.135 e. The number of pyridine rings is 1. The third-order valence-corrected chi connectivity index (χ3v) is 14.8. The van der Waals surface area contributed by atoms with Crippen LogP contribution >= 0.6 is 0 Å². The maximum atomic E-state index is 9.08. The van der Waals surface area contributed by atoms with Crippen LogP contribution in [0.15, 0.2) is 206 Å². The Labute approximate surface area is 491 Å². The van der Waals surface area contributed by atoms with Crippen molar-refractivity contribution >= 4 is 44.6 Å².